The molecule has 1 aliphatic heterocycles. The molecule has 3 heteroatoms. The maximum atomic E-state index is 2.32. The summed E-state index contributed by atoms with van der Waals surface area (Å²) in [6.45, 7) is 6.71. The molecule has 0 amide bonds. The first-order chi connectivity index (χ1) is 4.68. The Morgan fingerprint density at radius 1 is 1.36 bits per heavy atom. The lowest BCUT2D eigenvalue weighted by Crippen LogP contribution is -3.00. The summed E-state index contributed by atoms with van der Waals surface area (Å²) in [6.07, 6.45) is 4.27. The summed E-state index contributed by atoms with van der Waals surface area (Å²) >= 11 is 0. The van der Waals surface area contributed by atoms with Crippen LogP contribution in [0.3, 0.4) is 0 Å². The molecule has 0 atom stereocenters. The van der Waals surface area contributed by atoms with E-state index in [0.29, 0.717) is 0 Å². The second kappa shape index (κ2) is 4.65. The molecule has 0 radical (unpaired) electrons. The van der Waals surface area contributed by atoms with E-state index in [4.69, 9.17) is 0 Å². The van der Waals surface area contributed by atoms with Crippen LogP contribution in [0.1, 0.15) is 13.8 Å². The van der Waals surface area contributed by atoms with E-state index in [1.807, 2.05) is 0 Å². The number of rotatable bonds is 2. The number of nitrogens with zero attached hydrogens (tertiary/aromatic N) is 2. The lowest BCUT2D eigenvalue weighted by atomic mass is 10.2. The molecule has 0 saturated carbocycles. The van der Waals surface area contributed by atoms with Gasteiger partial charge in [-0.2, -0.15) is 0 Å². The minimum atomic E-state index is 0. The highest BCUT2D eigenvalue weighted by molar-refractivity contribution is 4.88. The van der Waals surface area contributed by atoms with E-state index in [0.717, 1.165) is 12.6 Å². The van der Waals surface area contributed by atoms with Crippen LogP contribution < -0.4 is 17.0 Å². The van der Waals surface area contributed by atoms with Crippen molar-refractivity contribution in [3.63, 3.8) is 0 Å². The number of hydrogen-bond acceptors (Lipinski definition) is 2. The van der Waals surface area contributed by atoms with Crippen molar-refractivity contribution in [1.82, 2.24) is 9.80 Å². The topological polar surface area (TPSA) is 6.48 Å². The fourth-order valence-electron chi connectivity index (χ4n) is 1.18. The fourth-order valence-corrected chi connectivity index (χ4v) is 1.18. The molecular weight excluding hydrogens is 204 g/mol. The number of hydrogen-bond donors (Lipinski definition) is 0. The maximum Gasteiger partial charge on any atom is 0.0890 e. The van der Waals surface area contributed by atoms with Crippen LogP contribution in [0.15, 0.2) is 12.4 Å². The molecule has 0 aromatic heterocycles. The van der Waals surface area contributed by atoms with E-state index in [1.54, 1.807) is 0 Å². The van der Waals surface area contributed by atoms with Gasteiger partial charge in [0.1, 0.15) is 0 Å². The van der Waals surface area contributed by atoms with Gasteiger partial charge in [0, 0.05) is 26.0 Å². The highest BCUT2D eigenvalue weighted by Crippen LogP contribution is 2.06. The fraction of sp³-hybridized carbons (Fsp3) is 0.750. The predicted molar refractivity (Wildman–Crippen MR) is 43.3 cm³/mol. The van der Waals surface area contributed by atoms with E-state index < -0.39 is 0 Å². The van der Waals surface area contributed by atoms with Crippen molar-refractivity contribution >= 4 is 0 Å². The quantitative estimate of drug-likeness (QED) is 0.548. The summed E-state index contributed by atoms with van der Waals surface area (Å²) in [6, 6.07) is 0. The van der Waals surface area contributed by atoms with Crippen molar-refractivity contribution in [3.8, 4) is 0 Å². The van der Waals surface area contributed by atoms with E-state index in [1.165, 1.54) is 6.54 Å². The zero-order valence-corrected chi connectivity index (χ0v) is 9.00. The zero-order chi connectivity index (χ0) is 7.56. The van der Waals surface area contributed by atoms with Crippen LogP contribution in [0.2, 0.25) is 0 Å². The van der Waals surface area contributed by atoms with Crippen molar-refractivity contribution in [3.05, 3.63) is 12.4 Å². The Labute approximate surface area is 79.6 Å². The third kappa shape index (κ3) is 3.65. The molecule has 0 aromatic rings. The smallest absolute Gasteiger partial charge is 0.0890 e. The van der Waals surface area contributed by atoms with E-state index in [2.05, 4.69) is 43.1 Å². The molecule has 1 heterocycles. The van der Waals surface area contributed by atoms with Gasteiger partial charge in [0.2, 0.25) is 0 Å². The Morgan fingerprint density at radius 2 is 2.00 bits per heavy atom. The van der Waals surface area contributed by atoms with Gasteiger partial charge in [0.15, 0.2) is 0 Å². The molecule has 0 saturated heterocycles. The largest absolute Gasteiger partial charge is 1.00 e. The Bertz CT molecular complexity index is 134. The third-order valence-corrected chi connectivity index (χ3v) is 1.54. The van der Waals surface area contributed by atoms with E-state index in [9.17, 15) is 0 Å². The molecule has 2 nitrogen and oxygen atoms in total. The average Bonchev–Trinajstić information content (AvgIpc) is 2.13. The van der Waals surface area contributed by atoms with Crippen LogP contribution in [0.5, 0.6) is 0 Å². The van der Waals surface area contributed by atoms with Gasteiger partial charge in [-0.1, -0.05) is 13.8 Å². The minimum absolute atomic E-state index is 0. The van der Waals surface area contributed by atoms with E-state index in [-0.39, 0.29) is 17.0 Å². The van der Waals surface area contributed by atoms with Crippen LogP contribution in [0.25, 0.3) is 0 Å². The van der Waals surface area contributed by atoms with Crippen molar-refractivity contribution < 1.29 is 17.0 Å². The SMILES string of the molecule is CC(C)CN1C=CN(C)C1.[Br-]. The first kappa shape index (κ1) is 10.8. The van der Waals surface area contributed by atoms with Gasteiger partial charge in [0.25, 0.3) is 0 Å². The molecule has 0 N–H and O–H groups in total. The van der Waals surface area contributed by atoms with Gasteiger partial charge in [0.05, 0.1) is 6.67 Å². The first-order valence-electron chi connectivity index (χ1n) is 3.81. The molecule has 66 valence electrons. The molecule has 11 heavy (non-hydrogen) atoms. The van der Waals surface area contributed by atoms with Gasteiger partial charge in [-0.15, -0.1) is 0 Å². The lowest BCUT2D eigenvalue weighted by Gasteiger charge is -2.19. The molecule has 1 rings (SSSR count). The van der Waals surface area contributed by atoms with Crippen LogP contribution in [0.4, 0.5) is 0 Å². The average molecular weight is 220 g/mol. The summed E-state index contributed by atoms with van der Waals surface area (Å²) in [5.41, 5.74) is 0. The van der Waals surface area contributed by atoms with Crippen LogP contribution in [-0.2, 0) is 0 Å². The lowest BCUT2D eigenvalue weighted by molar-refractivity contribution is -0.00000238. The molecule has 0 aliphatic carbocycles. The molecule has 0 aromatic carbocycles. The highest BCUT2D eigenvalue weighted by Gasteiger charge is 2.08. The second-order valence-electron chi connectivity index (χ2n) is 3.36. The Balaban J connectivity index is 0.000001000. The second-order valence-corrected chi connectivity index (χ2v) is 3.36. The standard InChI is InChI=1S/C8H16N2.BrH/c1-8(2)6-10-5-4-9(3)7-10;/h4-5,8H,6-7H2,1-3H3;1H/p-1. The molecule has 0 spiro atoms. The van der Waals surface area contributed by atoms with Gasteiger partial charge in [-0.25, -0.2) is 0 Å². The van der Waals surface area contributed by atoms with Gasteiger partial charge < -0.3 is 26.8 Å². The summed E-state index contributed by atoms with van der Waals surface area (Å²) in [7, 11) is 2.09. The summed E-state index contributed by atoms with van der Waals surface area (Å²) in [5.74, 6) is 0.760. The zero-order valence-electron chi connectivity index (χ0n) is 7.42. The summed E-state index contributed by atoms with van der Waals surface area (Å²) in [4.78, 5) is 4.51. The summed E-state index contributed by atoms with van der Waals surface area (Å²) in [5, 5.41) is 0. The molecule has 0 fully saturated rings. The van der Waals surface area contributed by atoms with Crippen molar-refractivity contribution in [2.45, 2.75) is 13.8 Å². The highest BCUT2D eigenvalue weighted by atomic mass is 79.9. The Morgan fingerprint density at radius 3 is 2.36 bits per heavy atom. The molecule has 1 aliphatic rings. The molecule has 0 bridgehead atoms. The van der Waals surface area contributed by atoms with Crippen LogP contribution in [0, 0.1) is 5.92 Å². The molecule has 0 unspecified atom stereocenters. The van der Waals surface area contributed by atoms with Crippen molar-refractivity contribution in [2.24, 2.45) is 5.92 Å². The normalized spacial score (nSPS) is 16.0. The van der Waals surface area contributed by atoms with Gasteiger partial charge >= 0.3 is 0 Å². The monoisotopic (exact) mass is 219 g/mol. The first-order valence-corrected chi connectivity index (χ1v) is 3.81. The predicted octanol–water partition coefficient (Wildman–Crippen LogP) is -1.68. The molecular formula is C8H16BrN2-. The van der Waals surface area contributed by atoms with Crippen molar-refractivity contribution in [2.75, 3.05) is 20.3 Å². The Kier molecular flexibility index (Phi) is 4.57. The van der Waals surface area contributed by atoms with Crippen molar-refractivity contribution in [1.29, 1.82) is 0 Å². The summed E-state index contributed by atoms with van der Waals surface area (Å²) < 4.78 is 0. The Hall–Kier alpha value is -0.180. The van der Waals surface area contributed by atoms with Crippen LogP contribution >= 0.6 is 0 Å². The minimum Gasteiger partial charge on any atom is -1.00 e. The third-order valence-electron chi connectivity index (χ3n) is 1.54. The number of halogens is 1. The van der Waals surface area contributed by atoms with E-state index >= 15 is 0 Å². The van der Waals surface area contributed by atoms with Gasteiger partial charge in [-0.3, -0.25) is 0 Å². The van der Waals surface area contributed by atoms with Crippen LogP contribution in [-0.4, -0.2) is 30.1 Å². The van der Waals surface area contributed by atoms with Gasteiger partial charge in [-0.05, 0) is 5.92 Å². The maximum absolute atomic E-state index is 2.32.